The average Bonchev–Trinajstić information content (AvgIpc) is 3.12. The van der Waals surface area contributed by atoms with Crippen molar-refractivity contribution in [1.29, 1.82) is 0 Å². The summed E-state index contributed by atoms with van der Waals surface area (Å²) in [5, 5.41) is 9.76. The molecule has 22 heavy (non-hydrogen) atoms. The Hall–Kier alpha value is -1.70. The van der Waals surface area contributed by atoms with Crippen LogP contribution in [0.2, 0.25) is 0 Å². The van der Waals surface area contributed by atoms with Crippen molar-refractivity contribution in [2.75, 3.05) is 25.1 Å². The summed E-state index contributed by atoms with van der Waals surface area (Å²) in [6, 6.07) is 5.89. The first-order chi connectivity index (χ1) is 10.6. The van der Waals surface area contributed by atoms with E-state index in [1.807, 2.05) is 25.1 Å². The Bertz CT molecular complexity index is 609. The van der Waals surface area contributed by atoms with Crippen LogP contribution in [0.4, 0.5) is 5.82 Å². The number of thiophene rings is 1. The number of ether oxygens (including phenoxy) is 2. The predicted molar refractivity (Wildman–Crippen MR) is 87.2 cm³/mol. The van der Waals surface area contributed by atoms with E-state index in [9.17, 15) is 4.79 Å². The molecule has 0 fully saturated rings. The van der Waals surface area contributed by atoms with Crippen LogP contribution in [-0.2, 0) is 14.3 Å². The van der Waals surface area contributed by atoms with Gasteiger partial charge in [-0.1, -0.05) is 0 Å². The Morgan fingerprint density at radius 2 is 2.27 bits per heavy atom. The molecule has 0 aliphatic heterocycles. The molecule has 2 heterocycles. The second kappa shape index (κ2) is 8.07. The lowest BCUT2D eigenvalue weighted by Gasteiger charge is -2.11. The number of hydrogen-bond acceptors (Lipinski definition) is 5. The van der Waals surface area contributed by atoms with Gasteiger partial charge in [-0.15, -0.1) is 11.3 Å². The minimum atomic E-state index is -0.551. The molecule has 2 aromatic rings. The minimum absolute atomic E-state index is 0.225. The molecule has 0 aliphatic rings. The summed E-state index contributed by atoms with van der Waals surface area (Å²) >= 11 is 1.67. The maximum Gasteiger partial charge on any atom is 0.254 e. The lowest BCUT2D eigenvalue weighted by atomic mass is 10.3. The summed E-state index contributed by atoms with van der Waals surface area (Å²) in [4.78, 5) is 14.3. The molecule has 1 atom stereocenters. The summed E-state index contributed by atoms with van der Waals surface area (Å²) in [6.07, 6.45) is -0.551. The van der Waals surface area contributed by atoms with Gasteiger partial charge in [-0.05, 0) is 32.9 Å². The Kier molecular flexibility index (Phi) is 6.11. The van der Waals surface area contributed by atoms with E-state index in [0.29, 0.717) is 25.6 Å². The number of nitrogens with zero attached hydrogens (tertiary/aromatic N) is 1. The fraction of sp³-hybridized carbons (Fsp3) is 0.467. The SMILES string of the molecule is CCOCCOC(C)C(=O)Nc1cc(-c2ccc(C)s2)[nH]n1. The number of aromatic nitrogens is 2. The Morgan fingerprint density at radius 3 is 2.95 bits per heavy atom. The van der Waals surface area contributed by atoms with Crippen molar-refractivity contribution >= 4 is 23.1 Å². The van der Waals surface area contributed by atoms with Crippen molar-refractivity contribution < 1.29 is 14.3 Å². The van der Waals surface area contributed by atoms with Gasteiger partial charge in [-0.25, -0.2) is 0 Å². The van der Waals surface area contributed by atoms with E-state index in [0.717, 1.165) is 10.6 Å². The van der Waals surface area contributed by atoms with Crippen LogP contribution in [0.5, 0.6) is 0 Å². The van der Waals surface area contributed by atoms with Gasteiger partial charge in [-0.2, -0.15) is 5.10 Å². The van der Waals surface area contributed by atoms with Crippen molar-refractivity contribution in [2.45, 2.75) is 26.9 Å². The lowest BCUT2D eigenvalue weighted by Crippen LogP contribution is -2.29. The van der Waals surface area contributed by atoms with Gasteiger partial charge in [0.1, 0.15) is 6.10 Å². The van der Waals surface area contributed by atoms with E-state index in [1.54, 1.807) is 18.3 Å². The second-order valence-corrected chi connectivity index (χ2v) is 6.06. The monoisotopic (exact) mass is 323 g/mol. The maximum atomic E-state index is 12.0. The Morgan fingerprint density at radius 1 is 1.45 bits per heavy atom. The quantitative estimate of drug-likeness (QED) is 0.732. The summed E-state index contributed by atoms with van der Waals surface area (Å²) in [5.41, 5.74) is 0.887. The van der Waals surface area contributed by atoms with E-state index in [2.05, 4.69) is 22.4 Å². The van der Waals surface area contributed by atoms with Crippen LogP contribution < -0.4 is 5.32 Å². The van der Waals surface area contributed by atoms with Crippen molar-refractivity contribution in [2.24, 2.45) is 0 Å². The highest BCUT2D eigenvalue weighted by atomic mass is 32.1. The predicted octanol–water partition coefficient (Wildman–Crippen LogP) is 2.83. The van der Waals surface area contributed by atoms with E-state index in [-0.39, 0.29) is 5.91 Å². The van der Waals surface area contributed by atoms with Gasteiger partial charge in [0.2, 0.25) is 0 Å². The number of anilines is 1. The van der Waals surface area contributed by atoms with E-state index < -0.39 is 6.10 Å². The molecular formula is C15H21N3O3S. The molecule has 0 spiro atoms. The number of nitrogens with one attached hydrogen (secondary N) is 2. The molecule has 0 aromatic carbocycles. The van der Waals surface area contributed by atoms with Gasteiger partial charge in [-0.3, -0.25) is 9.89 Å². The number of hydrogen-bond donors (Lipinski definition) is 2. The van der Waals surface area contributed by atoms with Crippen LogP contribution in [0.25, 0.3) is 10.6 Å². The molecular weight excluding hydrogens is 302 g/mol. The Labute approximate surface area is 133 Å². The minimum Gasteiger partial charge on any atom is -0.379 e. The number of carbonyl (C=O) groups is 1. The first-order valence-electron chi connectivity index (χ1n) is 7.22. The zero-order valence-corrected chi connectivity index (χ0v) is 13.8. The fourth-order valence-electron chi connectivity index (χ4n) is 1.82. The van der Waals surface area contributed by atoms with Crippen molar-refractivity contribution in [3.63, 3.8) is 0 Å². The summed E-state index contributed by atoms with van der Waals surface area (Å²) < 4.78 is 10.6. The molecule has 7 heteroatoms. The third-order valence-electron chi connectivity index (χ3n) is 3.00. The Balaban J connectivity index is 1.85. The molecule has 1 unspecified atom stereocenters. The molecule has 2 rings (SSSR count). The number of H-pyrrole nitrogens is 1. The average molecular weight is 323 g/mol. The topological polar surface area (TPSA) is 76.2 Å². The van der Waals surface area contributed by atoms with Gasteiger partial charge >= 0.3 is 0 Å². The van der Waals surface area contributed by atoms with Gasteiger partial charge in [0.15, 0.2) is 5.82 Å². The van der Waals surface area contributed by atoms with Gasteiger partial charge in [0, 0.05) is 17.6 Å². The second-order valence-electron chi connectivity index (χ2n) is 4.78. The van der Waals surface area contributed by atoms with Crippen LogP contribution >= 0.6 is 11.3 Å². The number of carbonyl (C=O) groups excluding carboxylic acids is 1. The standard InChI is InChI=1S/C15H21N3O3S/c1-4-20-7-8-21-11(3)15(19)16-14-9-12(17-18-14)13-6-5-10(2)22-13/h5-6,9,11H,4,7-8H2,1-3H3,(H2,16,17,18,19). The molecule has 2 N–H and O–H groups in total. The van der Waals surface area contributed by atoms with E-state index in [4.69, 9.17) is 9.47 Å². The number of aryl methyl sites for hydroxylation is 1. The van der Waals surface area contributed by atoms with Gasteiger partial charge < -0.3 is 14.8 Å². The molecule has 120 valence electrons. The van der Waals surface area contributed by atoms with Crippen molar-refractivity contribution in [1.82, 2.24) is 10.2 Å². The molecule has 2 aromatic heterocycles. The lowest BCUT2D eigenvalue weighted by molar-refractivity contribution is -0.127. The van der Waals surface area contributed by atoms with Crippen LogP contribution in [0.1, 0.15) is 18.7 Å². The first-order valence-corrected chi connectivity index (χ1v) is 8.04. The molecule has 0 saturated carbocycles. The fourth-order valence-corrected chi connectivity index (χ4v) is 2.66. The van der Waals surface area contributed by atoms with Gasteiger partial charge in [0.25, 0.3) is 5.91 Å². The molecule has 0 aliphatic carbocycles. The molecule has 0 bridgehead atoms. The maximum absolute atomic E-state index is 12.0. The van der Waals surface area contributed by atoms with E-state index >= 15 is 0 Å². The van der Waals surface area contributed by atoms with Gasteiger partial charge in [0.05, 0.1) is 23.8 Å². The zero-order valence-electron chi connectivity index (χ0n) is 13.0. The summed E-state index contributed by atoms with van der Waals surface area (Å²) in [6.45, 7) is 7.19. The first kappa shape index (κ1) is 16.7. The molecule has 0 radical (unpaired) electrons. The summed E-state index contributed by atoms with van der Waals surface area (Å²) in [7, 11) is 0. The van der Waals surface area contributed by atoms with Crippen molar-refractivity contribution in [3.05, 3.63) is 23.1 Å². The molecule has 6 nitrogen and oxygen atoms in total. The molecule has 0 saturated heterocycles. The smallest absolute Gasteiger partial charge is 0.254 e. The number of amides is 1. The third-order valence-corrected chi connectivity index (χ3v) is 4.04. The number of rotatable bonds is 8. The number of aromatic amines is 1. The largest absolute Gasteiger partial charge is 0.379 e. The van der Waals surface area contributed by atoms with Crippen LogP contribution in [0.3, 0.4) is 0 Å². The van der Waals surface area contributed by atoms with Crippen molar-refractivity contribution in [3.8, 4) is 10.6 Å². The van der Waals surface area contributed by atoms with Crippen LogP contribution in [-0.4, -0.2) is 42.0 Å². The highest BCUT2D eigenvalue weighted by Crippen LogP contribution is 2.27. The normalized spacial score (nSPS) is 12.3. The van der Waals surface area contributed by atoms with E-state index in [1.165, 1.54) is 4.88 Å². The zero-order chi connectivity index (χ0) is 15.9. The third kappa shape index (κ3) is 4.66. The van der Waals surface area contributed by atoms with Crippen LogP contribution in [0.15, 0.2) is 18.2 Å². The highest BCUT2D eigenvalue weighted by molar-refractivity contribution is 7.15. The summed E-state index contributed by atoms with van der Waals surface area (Å²) in [5.74, 6) is 0.267. The molecule has 1 amide bonds. The highest BCUT2D eigenvalue weighted by Gasteiger charge is 2.15. The van der Waals surface area contributed by atoms with Crippen LogP contribution in [0, 0.1) is 6.92 Å².